The lowest BCUT2D eigenvalue weighted by molar-refractivity contribution is 0.248. The molecular weight excluding hydrogens is 194 g/mol. The molecule has 0 spiro atoms. The summed E-state index contributed by atoms with van der Waals surface area (Å²) in [5.74, 6) is 0.969. The number of likely N-dealkylation sites (N-methyl/N-ethyl adjacent to an activating group) is 1. The fraction of sp³-hybridized carbons (Fsp3) is 0.500. The topological polar surface area (TPSA) is 21.3 Å². The zero-order chi connectivity index (χ0) is 8.55. The van der Waals surface area contributed by atoms with E-state index in [1.54, 1.807) is 11.3 Å². The Balaban J connectivity index is 2.22. The van der Waals surface area contributed by atoms with E-state index in [0.29, 0.717) is 6.04 Å². The number of thiophene rings is 1. The lowest BCUT2D eigenvalue weighted by Crippen LogP contribution is -2.36. The van der Waals surface area contributed by atoms with Gasteiger partial charge in [0.05, 0.1) is 4.34 Å². The van der Waals surface area contributed by atoms with E-state index in [9.17, 15) is 0 Å². The van der Waals surface area contributed by atoms with Crippen LogP contribution in [-0.2, 0) is 6.42 Å². The molecule has 1 unspecified atom stereocenters. The number of hydrogen-bond donors (Lipinski definition) is 1. The van der Waals surface area contributed by atoms with Crippen molar-refractivity contribution in [2.45, 2.75) is 12.5 Å². The number of hydrogen-bond acceptors (Lipinski definition) is 3. The molecule has 1 aliphatic heterocycles. The van der Waals surface area contributed by atoms with Gasteiger partial charge in [-0.05, 0) is 7.05 Å². The molecule has 0 aromatic carbocycles. The Bertz CT molecular complexity index is 287. The summed E-state index contributed by atoms with van der Waals surface area (Å²) in [6.07, 6.45) is 1.03. The molecule has 66 valence electrons. The normalized spacial score (nSPS) is 21.7. The molecule has 0 aliphatic carbocycles. The van der Waals surface area contributed by atoms with Gasteiger partial charge in [-0.3, -0.25) is 0 Å². The van der Waals surface area contributed by atoms with Gasteiger partial charge in [-0.25, -0.2) is 0 Å². The highest BCUT2D eigenvalue weighted by Crippen LogP contribution is 2.35. The molecular formula is C8H10ClNOS. The molecule has 2 heterocycles. The number of ether oxygens (including phenoxy) is 1. The highest BCUT2D eigenvalue weighted by molar-refractivity contribution is 7.16. The molecule has 1 N–H and O–H groups in total. The molecule has 1 atom stereocenters. The fourth-order valence-electron chi connectivity index (χ4n) is 1.30. The van der Waals surface area contributed by atoms with Crippen molar-refractivity contribution in [3.8, 4) is 5.75 Å². The SMILES string of the molecule is CNC1COc2cc(Cl)sc2C1. The quantitative estimate of drug-likeness (QED) is 0.753. The van der Waals surface area contributed by atoms with Crippen molar-refractivity contribution in [2.24, 2.45) is 0 Å². The first kappa shape index (κ1) is 8.35. The molecule has 0 radical (unpaired) electrons. The molecule has 0 fully saturated rings. The second-order valence-corrected chi connectivity index (χ2v) is 4.61. The van der Waals surface area contributed by atoms with Gasteiger partial charge in [0.2, 0.25) is 0 Å². The second-order valence-electron chi connectivity index (χ2n) is 2.84. The van der Waals surface area contributed by atoms with E-state index >= 15 is 0 Å². The van der Waals surface area contributed by atoms with E-state index in [1.807, 2.05) is 13.1 Å². The fourth-order valence-corrected chi connectivity index (χ4v) is 2.59. The van der Waals surface area contributed by atoms with Crippen LogP contribution < -0.4 is 10.1 Å². The third kappa shape index (κ3) is 1.44. The lowest BCUT2D eigenvalue weighted by Gasteiger charge is -2.21. The van der Waals surface area contributed by atoms with Crippen LogP contribution in [0.4, 0.5) is 0 Å². The summed E-state index contributed by atoms with van der Waals surface area (Å²) in [5, 5.41) is 3.19. The average Bonchev–Trinajstić information content (AvgIpc) is 2.43. The van der Waals surface area contributed by atoms with Crippen molar-refractivity contribution >= 4 is 22.9 Å². The highest BCUT2D eigenvalue weighted by Gasteiger charge is 2.20. The van der Waals surface area contributed by atoms with Gasteiger partial charge in [0.15, 0.2) is 0 Å². The van der Waals surface area contributed by atoms with Crippen LogP contribution in [0.1, 0.15) is 4.88 Å². The minimum atomic E-state index is 0.437. The maximum Gasteiger partial charge on any atom is 0.134 e. The van der Waals surface area contributed by atoms with Crippen molar-refractivity contribution < 1.29 is 4.74 Å². The van der Waals surface area contributed by atoms with Crippen LogP contribution in [-0.4, -0.2) is 19.7 Å². The Morgan fingerprint density at radius 3 is 3.33 bits per heavy atom. The van der Waals surface area contributed by atoms with Gasteiger partial charge in [-0.15, -0.1) is 11.3 Å². The van der Waals surface area contributed by atoms with Gasteiger partial charge in [0.25, 0.3) is 0 Å². The first-order valence-electron chi connectivity index (χ1n) is 3.88. The Labute approximate surface area is 80.5 Å². The summed E-state index contributed by atoms with van der Waals surface area (Å²) in [6.45, 7) is 0.747. The first-order chi connectivity index (χ1) is 5.79. The number of halogens is 1. The zero-order valence-electron chi connectivity index (χ0n) is 6.76. The minimum Gasteiger partial charge on any atom is -0.491 e. The van der Waals surface area contributed by atoms with Crippen molar-refractivity contribution in [3.63, 3.8) is 0 Å². The van der Waals surface area contributed by atoms with Crippen molar-refractivity contribution in [3.05, 3.63) is 15.3 Å². The van der Waals surface area contributed by atoms with Crippen LogP contribution in [0.2, 0.25) is 4.34 Å². The van der Waals surface area contributed by atoms with Crippen molar-refractivity contribution in [1.82, 2.24) is 5.32 Å². The standard InChI is InChI=1S/C8H10ClNOS/c1-10-5-2-7-6(11-4-5)3-8(9)12-7/h3,5,10H,2,4H2,1H3. The van der Waals surface area contributed by atoms with Crippen LogP contribution in [0, 0.1) is 0 Å². The van der Waals surface area contributed by atoms with E-state index in [2.05, 4.69) is 5.32 Å². The molecule has 1 aromatic rings. The van der Waals surface area contributed by atoms with Crippen LogP contribution in [0.15, 0.2) is 6.07 Å². The molecule has 12 heavy (non-hydrogen) atoms. The predicted molar refractivity (Wildman–Crippen MR) is 51.4 cm³/mol. The number of rotatable bonds is 1. The van der Waals surface area contributed by atoms with Gasteiger partial charge in [-0.2, -0.15) is 0 Å². The van der Waals surface area contributed by atoms with Crippen molar-refractivity contribution in [2.75, 3.05) is 13.7 Å². The second kappa shape index (κ2) is 3.24. The Morgan fingerprint density at radius 1 is 1.75 bits per heavy atom. The molecule has 0 saturated heterocycles. The Hall–Kier alpha value is -0.250. The molecule has 0 amide bonds. The zero-order valence-corrected chi connectivity index (χ0v) is 8.34. The smallest absolute Gasteiger partial charge is 0.134 e. The predicted octanol–water partition coefficient (Wildman–Crippen LogP) is 1.92. The molecule has 0 saturated carbocycles. The van der Waals surface area contributed by atoms with Crippen LogP contribution in [0.5, 0.6) is 5.75 Å². The summed E-state index contributed by atoms with van der Waals surface area (Å²) >= 11 is 7.47. The third-order valence-electron chi connectivity index (χ3n) is 2.02. The molecule has 2 rings (SSSR count). The van der Waals surface area contributed by atoms with Crippen LogP contribution >= 0.6 is 22.9 Å². The minimum absolute atomic E-state index is 0.437. The van der Waals surface area contributed by atoms with Gasteiger partial charge in [0, 0.05) is 23.4 Å². The van der Waals surface area contributed by atoms with Crippen molar-refractivity contribution in [1.29, 1.82) is 0 Å². The van der Waals surface area contributed by atoms with Gasteiger partial charge in [-0.1, -0.05) is 11.6 Å². The van der Waals surface area contributed by atoms with Gasteiger partial charge in [0.1, 0.15) is 12.4 Å². The maximum atomic E-state index is 5.86. The number of fused-ring (bicyclic) bond motifs is 1. The largest absolute Gasteiger partial charge is 0.491 e. The molecule has 1 aromatic heterocycles. The van der Waals surface area contributed by atoms with Crippen LogP contribution in [0.3, 0.4) is 0 Å². The molecule has 2 nitrogen and oxygen atoms in total. The monoisotopic (exact) mass is 203 g/mol. The summed E-state index contributed by atoms with van der Waals surface area (Å²) in [6, 6.07) is 2.33. The van der Waals surface area contributed by atoms with E-state index in [1.165, 1.54) is 4.88 Å². The summed E-state index contributed by atoms with van der Waals surface area (Å²) in [5.41, 5.74) is 0. The van der Waals surface area contributed by atoms with Gasteiger partial charge < -0.3 is 10.1 Å². The first-order valence-corrected chi connectivity index (χ1v) is 5.07. The Morgan fingerprint density at radius 2 is 2.58 bits per heavy atom. The van der Waals surface area contributed by atoms with E-state index in [0.717, 1.165) is 23.1 Å². The number of nitrogens with one attached hydrogen (secondary N) is 1. The summed E-state index contributed by atoms with van der Waals surface area (Å²) in [7, 11) is 1.95. The molecule has 0 bridgehead atoms. The lowest BCUT2D eigenvalue weighted by atomic mass is 10.1. The van der Waals surface area contributed by atoms with E-state index in [4.69, 9.17) is 16.3 Å². The van der Waals surface area contributed by atoms with Gasteiger partial charge >= 0.3 is 0 Å². The van der Waals surface area contributed by atoms with E-state index in [-0.39, 0.29) is 0 Å². The molecule has 4 heteroatoms. The Kier molecular flexibility index (Phi) is 2.26. The summed E-state index contributed by atoms with van der Waals surface area (Å²) in [4.78, 5) is 1.26. The maximum absolute atomic E-state index is 5.86. The van der Waals surface area contributed by atoms with E-state index < -0.39 is 0 Å². The molecule has 1 aliphatic rings. The average molecular weight is 204 g/mol. The third-order valence-corrected chi connectivity index (χ3v) is 3.29. The highest BCUT2D eigenvalue weighted by atomic mass is 35.5. The summed E-state index contributed by atoms with van der Waals surface area (Å²) < 4.78 is 6.33. The van der Waals surface area contributed by atoms with Crippen LogP contribution in [0.25, 0.3) is 0 Å².